The van der Waals surface area contributed by atoms with Crippen LogP contribution in [0.4, 0.5) is 13.2 Å². The first-order chi connectivity index (χ1) is 9.41. The molecule has 2 atom stereocenters. The smallest absolute Gasteiger partial charge is 0.364 e. The number of allylic oxidation sites excluding steroid dienone is 2. The van der Waals surface area contributed by atoms with Gasteiger partial charge in [0.15, 0.2) is 6.29 Å². The summed E-state index contributed by atoms with van der Waals surface area (Å²) in [5.74, 6) is 0.0186. The molecule has 2 nitrogen and oxygen atoms in total. The number of aliphatic hydroxyl groups is 1. The molecule has 20 heavy (non-hydrogen) atoms. The van der Waals surface area contributed by atoms with Crippen LogP contribution in [0, 0.1) is 0 Å². The molecular weight excluding hydrogens is 269 g/mol. The van der Waals surface area contributed by atoms with E-state index in [9.17, 15) is 18.3 Å². The second-order valence-electron chi connectivity index (χ2n) is 4.61. The average Bonchev–Trinajstić information content (AvgIpc) is 2.46. The first-order valence-corrected chi connectivity index (χ1v) is 6.18. The van der Waals surface area contributed by atoms with Crippen LogP contribution < -0.4 is 0 Å². The number of aliphatic hydroxyl groups excluding tert-OH is 1. The van der Waals surface area contributed by atoms with Crippen molar-refractivity contribution in [3.8, 4) is 0 Å². The van der Waals surface area contributed by atoms with E-state index in [-0.39, 0.29) is 5.92 Å². The van der Waals surface area contributed by atoms with Crippen molar-refractivity contribution in [3.05, 3.63) is 59.2 Å². The topological polar surface area (TPSA) is 29.5 Å². The van der Waals surface area contributed by atoms with Crippen LogP contribution in [0.3, 0.4) is 0 Å². The van der Waals surface area contributed by atoms with Gasteiger partial charge >= 0.3 is 6.18 Å². The molecule has 0 saturated carbocycles. The molecule has 1 N–H and O–H groups in total. The highest BCUT2D eigenvalue weighted by atomic mass is 19.4. The SMILES string of the molecule is COC(O)C1=CCC(c2ccc(C(F)(F)F)cc2)C=C1. The number of rotatable bonds is 3. The van der Waals surface area contributed by atoms with Gasteiger partial charge in [-0.1, -0.05) is 30.4 Å². The Hall–Kier alpha value is -1.59. The van der Waals surface area contributed by atoms with Crippen LogP contribution in [0.5, 0.6) is 0 Å². The Kier molecular flexibility index (Phi) is 4.30. The molecule has 0 amide bonds. The van der Waals surface area contributed by atoms with Crippen molar-refractivity contribution >= 4 is 0 Å². The third-order valence-electron chi connectivity index (χ3n) is 3.30. The lowest BCUT2D eigenvalue weighted by atomic mass is 9.89. The maximum Gasteiger partial charge on any atom is 0.416 e. The van der Waals surface area contributed by atoms with E-state index in [4.69, 9.17) is 4.74 Å². The van der Waals surface area contributed by atoms with Crippen molar-refractivity contribution in [2.45, 2.75) is 24.8 Å². The van der Waals surface area contributed by atoms with Crippen molar-refractivity contribution in [1.29, 1.82) is 0 Å². The summed E-state index contributed by atoms with van der Waals surface area (Å²) in [6, 6.07) is 5.16. The summed E-state index contributed by atoms with van der Waals surface area (Å²) in [5, 5.41) is 9.50. The van der Waals surface area contributed by atoms with Gasteiger partial charge in [0.05, 0.1) is 5.56 Å². The summed E-state index contributed by atoms with van der Waals surface area (Å²) in [6.45, 7) is 0. The third-order valence-corrected chi connectivity index (χ3v) is 3.30. The largest absolute Gasteiger partial charge is 0.416 e. The predicted octanol–water partition coefficient (Wildman–Crippen LogP) is 3.64. The second-order valence-corrected chi connectivity index (χ2v) is 4.61. The zero-order valence-corrected chi connectivity index (χ0v) is 10.9. The van der Waals surface area contributed by atoms with Crippen molar-refractivity contribution < 1.29 is 23.0 Å². The quantitative estimate of drug-likeness (QED) is 0.859. The lowest BCUT2D eigenvalue weighted by molar-refractivity contribution is -0.137. The van der Waals surface area contributed by atoms with Gasteiger partial charge in [-0.25, -0.2) is 0 Å². The van der Waals surface area contributed by atoms with E-state index in [0.29, 0.717) is 12.0 Å². The predicted molar refractivity (Wildman–Crippen MR) is 69.0 cm³/mol. The van der Waals surface area contributed by atoms with Crippen LogP contribution in [0.15, 0.2) is 48.1 Å². The number of benzene rings is 1. The summed E-state index contributed by atoms with van der Waals surface area (Å²) in [7, 11) is 1.40. The maximum absolute atomic E-state index is 12.5. The zero-order valence-electron chi connectivity index (χ0n) is 10.9. The standard InChI is InChI=1S/C15H15F3O2/c1-20-14(19)12-4-2-10(3-5-12)11-6-8-13(9-7-11)15(16,17)18/h2,4-10,14,19H,3H2,1H3. The number of ether oxygens (including phenoxy) is 1. The van der Waals surface area contributed by atoms with E-state index in [1.54, 1.807) is 6.08 Å². The monoisotopic (exact) mass is 284 g/mol. The Bertz CT molecular complexity index is 515. The molecule has 1 aromatic carbocycles. The molecule has 0 fully saturated rings. The summed E-state index contributed by atoms with van der Waals surface area (Å²) >= 11 is 0. The minimum atomic E-state index is -4.31. The maximum atomic E-state index is 12.5. The van der Waals surface area contributed by atoms with Gasteiger partial charge in [-0.05, 0) is 24.1 Å². The number of hydrogen-bond donors (Lipinski definition) is 1. The first-order valence-electron chi connectivity index (χ1n) is 6.18. The number of halogens is 3. The van der Waals surface area contributed by atoms with E-state index in [1.807, 2.05) is 12.2 Å². The van der Waals surface area contributed by atoms with Gasteiger partial charge in [0.2, 0.25) is 0 Å². The molecule has 2 rings (SSSR count). The van der Waals surface area contributed by atoms with Crippen LogP contribution in [0.1, 0.15) is 23.5 Å². The molecule has 2 unspecified atom stereocenters. The van der Waals surface area contributed by atoms with E-state index < -0.39 is 18.0 Å². The van der Waals surface area contributed by atoms with Crippen molar-refractivity contribution in [3.63, 3.8) is 0 Å². The summed E-state index contributed by atoms with van der Waals surface area (Å²) in [4.78, 5) is 0. The van der Waals surface area contributed by atoms with Crippen LogP contribution in [-0.2, 0) is 10.9 Å². The Balaban J connectivity index is 2.09. The summed E-state index contributed by atoms with van der Waals surface area (Å²) < 4.78 is 42.2. The zero-order chi connectivity index (χ0) is 14.8. The van der Waals surface area contributed by atoms with Gasteiger partial charge in [-0.3, -0.25) is 0 Å². The molecule has 0 bridgehead atoms. The first kappa shape index (κ1) is 14.8. The third kappa shape index (κ3) is 3.29. The molecule has 0 aromatic heterocycles. The van der Waals surface area contributed by atoms with Gasteiger partial charge in [0.25, 0.3) is 0 Å². The molecule has 5 heteroatoms. The molecule has 0 heterocycles. The fourth-order valence-electron chi connectivity index (χ4n) is 2.12. The van der Waals surface area contributed by atoms with Crippen LogP contribution in [0.2, 0.25) is 0 Å². The van der Waals surface area contributed by atoms with E-state index in [2.05, 4.69) is 0 Å². The van der Waals surface area contributed by atoms with Crippen LogP contribution >= 0.6 is 0 Å². The molecule has 0 radical (unpaired) electrons. The fraction of sp³-hybridized carbons (Fsp3) is 0.333. The molecule has 0 saturated heterocycles. The van der Waals surface area contributed by atoms with Crippen molar-refractivity contribution in [2.75, 3.05) is 7.11 Å². The summed E-state index contributed by atoms with van der Waals surface area (Å²) in [5.41, 5.74) is 0.833. The molecule has 0 spiro atoms. The lowest BCUT2D eigenvalue weighted by Gasteiger charge is -2.19. The Morgan fingerprint density at radius 2 is 1.90 bits per heavy atom. The Morgan fingerprint density at radius 1 is 1.25 bits per heavy atom. The van der Waals surface area contributed by atoms with Gasteiger partial charge in [0, 0.05) is 18.6 Å². The highest BCUT2D eigenvalue weighted by Gasteiger charge is 2.30. The normalized spacial score (nSPS) is 20.6. The highest BCUT2D eigenvalue weighted by Crippen LogP contribution is 2.32. The molecule has 1 aromatic rings. The lowest BCUT2D eigenvalue weighted by Crippen LogP contribution is -2.13. The van der Waals surface area contributed by atoms with E-state index in [0.717, 1.165) is 17.7 Å². The number of alkyl halides is 3. The minimum Gasteiger partial charge on any atom is -0.364 e. The molecular formula is C15H15F3O2. The van der Waals surface area contributed by atoms with Crippen molar-refractivity contribution in [2.24, 2.45) is 0 Å². The van der Waals surface area contributed by atoms with Crippen LogP contribution in [0.25, 0.3) is 0 Å². The highest BCUT2D eigenvalue weighted by molar-refractivity contribution is 5.35. The fourth-order valence-corrected chi connectivity index (χ4v) is 2.12. The van der Waals surface area contributed by atoms with Gasteiger partial charge in [-0.2, -0.15) is 13.2 Å². The molecule has 1 aliphatic rings. The number of hydrogen-bond acceptors (Lipinski definition) is 2. The number of methoxy groups -OCH3 is 1. The van der Waals surface area contributed by atoms with Gasteiger partial charge < -0.3 is 9.84 Å². The summed E-state index contributed by atoms with van der Waals surface area (Å²) in [6.07, 6.45) is 0.782. The molecule has 108 valence electrons. The van der Waals surface area contributed by atoms with E-state index >= 15 is 0 Å². The van der Waals surface area contributed by atoms with E-state index in [1.165, 1.54) is 19.2 Å². The minimum absolute atomic E-state index is 0.0186. The Labute approximate surface area is 115 Å². The Morgan fingerprint density at radius 3 is 2.35 bits per heavy atom. The second kappa shape index (κ2) is 5.81. The average molecular weight is 284 g/mol. The molecule has 0 aliphatic heterocycles. The molecule has 1 aliphatic carbocycles. The van der Waals surface area contributed by atoms with Crippen molar-refractivity contribution in [1.82, 2.24) is 0 Å². The van der Waals surface area contributed by atoms with Crippen LogP contribution in [-0.4, -0.2) is 18.5 Å². The van der Waals surface area contributed by atoms with Gasteiger partial charge in [-0.15, -0.1) is 0 Å². The van der Waals surface area contributed by atoms with Gasteiger partial charge in [0.1, 0.15) is 0 Å².